The lowest BCUT2D eigenvalue weighted by Crippen LogP contribution is -2.63. The van der Waals surface area contributed by atoms with Crippen molar-refractivity contribution in [3.63, 3.8) is 0 Å². The summed E-state index contributed by atoms with van der Waals surface area (Å²) in [6.07, 6.45) is 2.05. The molecule has 1 N–H and O–H groups in total. The Hall–Kier alpha value is -2.80. The van der Waals surface area contributed by atoms with Gasteiger partial charge in [0.25, 0.3) is 5.91 Å². The van der Waals surface area contributed by atoms with Crippen LogP contribution in [0, 0.1) is 24.7 Å². The first-order valence-corrected chi connectivity index (χ1v) is 11.8. The number of ether oxygens (including phenoxy) is 1. The molecule has 0 radical (unpaired) electrons. The van der Waals surface area contributed by atoms with Crippen molar-refractivity contribution < 1.29 is 14.3 Å². The molecule has 2 fully saturated rings. The lowest BCUT2D eigenvalue weighted by molar-refractivity contribution is -0.119. The van der Waals surface area contributed by atoms with E-state index in [9.17, 15) is 9.59 Å². The zero-order valence-electron chi connectivity index (χ0n) is 19.7. The van der Waals surface area contributed by atoms with Crippen molar-refractivity contribution in [1.82, 2.24) is 10.2 Å². The van der Waals surface area contributed by atoms with Crippen LogP contribution >= 0.6 is 0 Å². The van der Waals surface area contributed by atoms with Crippen LogP contribution in [0.4, 0.5) is 0 Å². The summed E-state index contributed by atoms with van der Waals surface area (Å²) in [7, 11) is 0. The fourth-order valence-corrected chi connectivity index (χ4v) is 6.40. The van der Waals surface area contributed by atoms with Crippen LogP contribution in [0.15, 0.2) is 51.1 Å². The van der Waals surface area contributed by atoms with Gasteiger partial charge in [0.05, 0.1) is 31.7 Å². The fourth-order valence-electron chi connectivity index (χ4n) is 6.40. The number of fused-ring (bicyclic) bond motifs is 2. The van der Waals surface area contributed by atoms with Crippen LogP contribution in [0.25, 0.3) is 0 Å². The zero-order chi connectivity index (χ0) is 23.2. The molecule has 1 aliphatic carbocycles. The molecule has 2 saturated heterocycles. The molecule has 1 aromatic carbocycles. The molecule has 4 heterocycles. The molecule has 0 saturated carbocycles. The maximum atomic E-state index is 13.4. The van der Waals surface area contributed by atoms with Crippen LogP contribution in [0.3, 0.4) is 0 Å². The van der Waals surface area contributed by atoms with Crippen LogP contribution in [-0.2, 0) is 9.53 Å². The minimum atomic E-state index is -0.484. The van der Waals surface area contributed by atoms with Gasteiger partial charge in [0, 0.05) is 28.8 Å². The first-order valence-electron chi connectivity index (χ1n) is 11.8. The third kappa shape index (κ3) is 2.98. The molecule has 1 atom stereocenters. The summed E-state index contributed by atoms with van der Waals surface area (Å²) in [5.41, 5.74) is 4.97. The number of nitrogens with one attached hydrogen (secondary N) is 1. The molecule has 6 rings (SSSR count). The molecule has 33 heavy (non-hydrogen) atoms. The largest absolute Gasteiger partial charge is 0.370 e. The molecular weight excluding hydrogens is 416 g/mol. The van der Waals surface area contributed by atoms with Gasteiger partial charge in [0.2, 0.25) is 0 Å². The topological polar surface area (TPSA) is 83.4 Å². The maximum absolute atomic E-state index is 13.4. The van der Waals surface area contributed by atoms with E-state index < -0.39 is 11.0 Å². The van der Waals surface area contributed by atoms with Gasteiger partial charge >= 0.3 is 0 Å². The van der Waals surface area contributed by atoms with Gasteiger partial charge in [-0.3, -0.25) is 9.59 Å². The van der Waals surface area contributed by atoms with Crippen LogP contribution in [0.2, 0.25) is 0 Å². The van der Waals surface area contributed by atoms with E-state index in [1.807, 2.05) is 36.9 Å². The number of carbonyl (C=O) groups excluding carboxylic acids is 2. The smallest absolute Gasteiger partial charge is 0.254 e. The van der Waals surface area contributed by atoms with E-state index >= 15 is 0 Å². The molecular formula is C26H30N4O3. The van der Waals surface area contributed by atoms with Crippen molar-refractivity contribution in [2.24, 2.45) is 21.1 Å². The normalized spacial score (nSPS) is 28.8. The van der Waals surface area contributed by atoms with Gasteiger partial charge in [-0.05, 0) is 55.4 Å². The quantitative estimate of drug-likeness (QED) is 0.711. The van der Waals surface area contributed by atoms with Gasteiger partial charge in [-0.25, -0.2) is 0 Å². The number of azo groups is 1. The fraction of sp³-hybridized carbons (Fsp3) is 0.538. The Labute approximate surface area is 194 Å². The molecule has 5 aliphatic rings. The van der Waals surface area contributed by atoms with E-state index in [4.69, 9.17) is 4.74 Å². The Kier molecular flexibility index (Phi) is 4.17. The van der Waals surface area contributed by atoms with Gasteiger partial charge < -0.3 is 15.0 Å². The molecule has 0 aromatic heterocycles. The molecule has 7 heteroatoms. The number of Topliss-reactive ketones (excluding diaryl/α,β-unsaturated/α-hetero) is 1. The predicted molar refractivity (Wildman–Crippen MR) is 122 cm³/mol. The monoisotopic (exact) mass is 446 g/mol. The van der Waals surface area contributed by atoms with E-state index in [2.05, 4.69) is 29.4 Å². The number of ketones is 1. The van der Waals surface area contributed by atoms with Gasteiger partial charge in [0.15, 0.2) is 11.6 Å². The lowest BCUT2D eigenvalue weighted by atomic mass is 9.61. The van der Waals surface area contributed by atoms with Crippen molar-refractivity contribution in [2.75, 3.05) is 26.2 Å². The summed E-state index contributed by atoms with van der Waals surface area (Å²) in [5.74, 6) is 1.04. The Balaban J connectivity index is 1.28. The van der Waals surface area contributed by atoms with E-state index in [-0.39, 0.29) is 17.1 Å². The van der Waals surface area contributed by atoms with E-state index in [1.54, 1.807) is 0 Å². The van der Waals surface area contributed by atoms with Crippen molar-refractivity contribution in [1.29, 1.82) is 0 Å². The molecule has 172 valence electrons. The third-order valence-corrected chi connectivity index (χ3v) is 8.13. The lowest BCUT2D eigenvalue weighted by Gasteiger charge is -2.48. The van der Waals surface area contributed by atoms with Gasteiger partial charge in [-0.2, -0.15) is 5.11 Å². The van der Waals surface area contributed by atoms with Crippen molar-refractivity contribution >= 4 is 11.7 Å². The van der Waals surface area contributed by atoms with Crippen LogP contribution in [-0.4, -0.2) is 48.4 Å². The van der Waals surface area contributed by atoms with E-state index in [1.165, 1.54) is 5.56 Å². The Bertz CT molecular complexity index is 1200. The zero-order valence-corrected chi connectivity index (χ0v) is 19.7. The highest BCUT2D eigenvalue weighted by molar-refractivity contribution is 6.00. The molecule has 7 nitrogen and oxygen atoms in total. The molecule has 1 amide bonds. The Morgan fingerprint density at radius 1 is 1.15 bits per heavy atom. The van der Waals surface area contributed by atoms with Crippen molar-refractivity contribution in [3.8, 4) is 0 Å². The Morgan fingerprint density at radius 2 is 1.94 bits per heavy atom. The minimum Gasteiger partial charge on any atom is -0.370 e. The molecule has 1 unspecified atom stereocenters. The predicted octanol–water partition coefficient (Wildman–Crippen LogP) is 3.83. The number of allylic oxidation sites excluding steroid dienone is 1. The molecule has 4 aliphatic heterocycles. The number of benzene rings is 1. The average Bonchev–Trinajstić information content (AvgIpc) is 3.33. The first kappa shape index (κ1) is 20.8. The summed E-state index contributed by atoms with van der Waals surface area (Å²) in [5, 5.41) is 12.1. The molecule has 1 aromatic rings. The number of amides is 1. The van der Waals surface area contributed by atoms with Crippen LogP contribution < -0.4 is 5.32 Å². The molecule has 2 spiro atoms. The maximum Gasteiger partial charge on any atom is 0.254 e. The highest BCUT2D eigenvalue weighted by atomic mass is 16.5. The third-order valence-electron chi connectivity index (χ3n) is 8.13. The van der Waals surface area contributed by atoms with Gasteiger partial charge in [-0.15, -0.1) is 5.11 Å². The number of carbonyl (C=O) groups is 2. The molecule has 0 bridgehead atoms. The van der Waals surface area contributed by atoms with Crippen LogP contribution in [0.5, 0.6) is 0 Å². The summed E-state index contributed by atoms with van der Waals surface area (Å²) in [6.45, 7) is 10.4. The van der Waals surface area contributed by atoms with Gasteiger partial charge in [-0.1, -0.05) is 19.9 Å². The standard InChI is InChI=1S/C26H30N4O3/c1-15-5-6-17(7-16(15)2)23(32)30-12-25(13-30)11-26(14-33-25)18-10-27-29-22(18)28-19-8-24(3,4)9-20(31)21(19)26/h5-7,28H,8-14H2,1-4H3. The van der Waals surface area contributed by atoms with Crippen molar-refractivity contribution in [3.05, 3.63) is 57.6 Å². The average molecular weight is 447 g/mol. The summed E-state index contributed by atoms with van der Waals surface area (Å²) in [4.78, 5) is 28.4. The second-order valence-electron chi connectivity index (χ2n) is 11.3. The SMILES string of the molecule is Cc1ccc(C(=O)N2CC3(C2)CC2(CO3)C3=C(N=NC3)NC3=C2C(=O)CC(C)(C)C3)cc1C. The Morgan fingerprint density at radius 3 is 2.70 bits per heavy atom. The van der Waals surface area contributed by atoms with E-state index in [0.29, 0.717) is 39.1 Å². The summed E-state index contributed by atoms with van der Waals surface area (Å²) >= 11 is 0. The number of likely N-dealkylation sites (tertiary alicyclic amines) is 1. The minimum absolute atomic E-state index is 0.0414. The second kappa shape index (κ2) is 6.63. The number of nitrogens with zero attached hydrogens (tertiary/aromatic N) is 3. The van der Waals surface area contributed by atoms with E-state index in [0.717, 1.165) is 40.2 Å². The highest BCUT2D eigenvalue weighted by Gasteiger charge is 2.63. The number of aryl methyl sites for hydroxylation is 2. The summed E-state index contributed by atoms with van der Waals surface area (Å²) < 4.78 is 6.46. The van der Waals surface area contributed by atoms with Gasteiger partial charge in [0.1, 0.15) is 5.60 Å². The van der Waals surface area contributed by atoms with Crippen molar-refractivity contribution in [2.45, 2.75) is 52.6 Å². The second-order valence-corrected chi connectivity index (χ2v) is 11.3. The highest BCUT2D eigenvalue weighted by Crippen LogP contribution is 2.58. The summed E-state index contributed by atoms with van der Waals surface area (Å²) in [6, 6.07) is 5.86. The number of hydrogen-bond acceptors (Lipinski definition) is 6. The van der Waals surface area contributed by atoms with Crippen LogP contribution in [0.1, 0.15) is 54.6 Å². The number of rotatable bonds is 1. The number of dihydropyridines is 1. The first-order chi connectivity index (χ1) is 15.6. The number of hydrogen-bond donors (Lipinski definition) is 1.